The van der Waals surface area contributed by atoms with Crippen LogP contribution in [0.3, 0.4) is 0 Å². The molecule has 5 heteroatoms. The number of alkyl halides is 1. The van der Waals surface area contributed by atoms with E-state index in [-0.39, 0.29) is 18.8 Å². The van der Waals surface area contributed by atoms with Crippen LogP contribution in [0.2, 0.25) is 0 Å². The molecule has 1 rings (SSSR count). The SMILES string of the molecule is CCN(CCCl)Cc1ccc(CCC(=O)O)cc1.Cl. The maximum absolute atomic E-state index is 10.5. The fraction of sp³-hybridized carbons (Fsp3) is 0.500. The number of benzene rings is 1. The van der Waals surface area contributed by atoms with Gasteiger partial charge in [-0.25, -0.2) is 0 Å². The average Bonchev–Trinajstić information content (AvgIpc) is 2.37. The quantitative estimate of drug-likeness (QED) is 0.750. The van der Waals surface area contributed by atoms with E-state index in [9.17, 15) is 4.79 Å². The van der Waals surface area contributed by atoms with Crippen molar-refractivity contribution in [1.29, 1.82) is 0 Å². The number of hydrogen-bond donors (Lipinski definition) is 1. The van der Waals surface area contributed by atoms with Crippen molar-refractivity contribution < 1.29 is 9.90 Å². The van der Waals surface area contributed by atoms with Gasteiger partial charge in [-0.05, 0) is 24.1 Å². The van der Waals surface area contributed by atoms with Crippen LogP contribution in [-0.4, -0.2) is 34.9 Å². The van der Waals surface area contributed by atoms with E-state index in [1.807, 2.05) is 12.1 Å². The first-order chi connectivity index (χ1) is 8.65. The van der Waals surface area contributed by atoms with E-state index in [1.54, 1.807) is 0 Å². The second-order valence-electron chi connectivity index (χ2n) is 4.27. The first kappa shape index (κ1) is 18.2. The van der Waals surface area contributed by atoms with Gasteiger partial charge in [0.1, 0.15) is 0 Å². The summed E-state index contributed by atoms with van der Waals surface area (Å²) in [6.07, 6.45) is 0.779. The molecule has 1 aromatic carbocycles. The first-order valence-corrected chi connectivity index (χ1v) is 6.77. The van der Waals surface area contributed by atoms with Gasteiger partial charge in [0, 0.05) is 25.4 Å². The fourth-order valence-corrected chi connectivity index (χ4v) is 2.03. The number of hydrogen-bond acceptors (Lipinski definition) is 2. The summed E-state index contributed by atoms with van der Waals surface area (Å²) in [6, 6.07) is 8.14. The Morgan fingerprint density at radius 3 is 2.32 bits per heavy atom. The van der Waals surface area contributed by atoms with Crippen LogP contribution in [0.4, 0.5) is 0 Å². The van der Waals surface area contributed by atoms with Gasteiger partial charge in [0.25, 0.3) is 0 Å². The third kappa shape index (κ3) is 7.41. The topological polar surface area (TPSA) is 40.5 Å². The molecule has 1 N–H and O–H groups in total. The van der Waals surface area contributed by atoms with Crippen LogP contribution in [0.15, 0.2) is 24.3 Å². The lowest BCUT2D eigenvalue weighted by Crippen LogP contribution is -2.24. The highest BCUT2D eigenvalue weighted by atomic mass is 35.5. The third-order valence-electron chi connectivity index (χ3n) is 2.90. The second-order valence-corrected chi connectivity index (χ2v) is 4.65. The van der Waals surface area contributed by atoms with E-state index in [4.69, 9.17) is 16.7 Å². The lowest BCUT2D eigenvalue weighted by molar-refractivity contribution is -0.136. The molecule has 0 bridgehead atoms. The third-order valence-corrected chi connectivity index (χ3v) is 3.07. The van der Waals surface area contributed by atoms with Crippen molar-refractivity contribution >= 4 is 30.0 Å². The molecule has 0 aliphatic rings. The van der Waals surface area contributed by atoms with E-state index in [1.165, 1.54) is 5.56 Å². The van der Waals surface area contributed by atoms with Crippen molar-refractivity contribution in [2.75, 3.05) is 19.0 Å². The Bertz CT molecular complexity index is 368. The molecule has 0 amide bonds. The largest absolute Gasteiger partial charge is 0.481 e. The summed E-state index contributed by atoms with van der Waals surface area (Å²) in [7, 11) is 0. The molecule has 0 fully saturated rings. The highest BCUT2D eigenvalue weighted by molar-refractivity contribution is 6.18. The summed E-state index contributed by atoms with van der Waals surface area (Å²) in [4.78, 5) is 12.8. The summed E-state index contributed by atoms with van der Waals surface area (Å²) in [5, 5.41) is 8.62. The van der Waals surface area contributed by atoms with Crippen LogP contribution in [-0.2, 0) is 17.8 Å². The number of carboxylic acid groups (broad SMARTS) is 1. The van der Waals surface area contributed by atoms with Crippen LogP contribution >= 0.6 is 24.0 Å². The highest BCUT2D eigenvalue weighted by Crippen LogP contribution is 2.09. The number of carboxylic acids is 1. The molecule has 0 aliphatic carbocycles. The minimum Gasteiger partial charge on any atom is -0.481 e. The van der Waals surface area contributed by atoms with Crippen molar-refractivity contribution in [2.24, 2.45) is 0 Å². The first-order valence-electron chi connectivity index (χ1n) is 6.23. The molecular weight excluding hydrogens is 285 g/mol. The number of carbonyl (C=O) groups is 1. The van der Waals surface area contributed by atoms with Crippen LogP contribution < -0.4 is 0 Å². The van der Waals surface area contributed by atoms with Crippen molar-refractivity contribution in [3.8, 4) is 0 Å². The van der Waals surface area contributed by atoms with Crippen LogP contribution in [0.25, 0.3) is 0 Å². The van der Waals surface area contributed by atoms with Gasteiger partial charge in [-0.2, -0.15) is 0 Å². The molecule has 0 radical (unpaired) electrons. The summed E-state index contributed by atoms with van der Waals surface area (Å²) in [6.45, 7) is 4.88. The average molecular weight is 306 g/mol. The van der Waals surface area contributed by atoms with Crippen LogP contribution in [0, 0.1) is 0 Å². The standard InChI is InChI=1S/C14H20ClNO2.ClH/c1-2-16(10-9-15)11-13-5-3-12(4-6-13)7-8-14(17)18;/h3-6H,2,7-11H2,1H3,(H,17,18);1H. The van der Waals surface area contributed by atoms with Gasteiger partial charge in [0.15, 0.2) is 0 Å². The number of aliphatic carboxylic acids is 1. The minimum atomic E-state index is -0.752. The van der Waals surface area contributed by atoms with Crippen LogP contribution in [0.1, 0.15) is 24.5 Å². The molecule has 108 valence electrons. The molecule has 1 aromatic rings. The predicted molar refractivity (Wildman–Crippen MR) is 81.3 cm³/mol. The maximum atomic E-state index is 10.5. The Labute approximate surface area is 126 Å². The molecule has 0 spiro atoms. The molecule has 3 nitrogen and oxygen atoms in total. The van der Waals surface area contributed by atoms with E-state index in [0.29, 0.717) is 12.3 Å². The normalized spacial score (nSPS) is 10.3. The van der Waals surface area contributed by atoms with Crippen molar-refractivity contribution in [3.05, 3.63) is 35.4 Å². The molecule has 0 aromatic heterocycles. The Morgan fingerprint density at radius 1 is 1.26 bits per heavy atom. The highest BCUT2D eigenvalue weighted by Gasteiger charge is 2.03. The Morgan fingerprint density at radius 2 is 1.84 bits per heavy atom. The van der Waals surface area contributed by atoms with Crippen LogP contribution in [0.5, 0.6) is 0 Å². The van der Waals surface area contributed by atoms with Crippen molar-refractivity contribution in [2.45, 2.75) is 26.3 Å². The molecule has 0 aliphatic heterocycles. The van der Waals surface area contributed by atoms with Crippen molar-refractivity contribution in [1.82, 2.24) is 4.90 Å². The van der Waals surface area contributed by atoms with Gasteiger partial charge in [-0.3, -0.25) is 9.69 Å². The summed E-state index contributed by atoms with van der Waals surface area (Å²) >= 11 is 5.74. The lowest BCUT2D eigenvalue weighted by Gasteiger charge is -2.19. The van der Waals surface area contributed by atoms with Gasteiger partial charge in [0.2, 0.25) is 0 Å². The van der Waals surface area contributed by atoms with E-state index >= 15 is 0 Å². The zero-order chi connectivity index (χ0) is 13.4. The molecule has 0 saturated heterocycles. The monoisotopic (exact) mass is 305 g/mol. The van der Waals surface area contributed by atoms with Gasteiger partial charge in [-0.1, -0.05) is 31.2 Å². The molecule has 19 heavy (non-hydrogen) atoms. The zero-order valence-electron chi connectivity index (χ0n) is 11.1. The number of nitrogens with zero attached hydrogens (tertiary/aromatic N) is 1. The fourth-order valence-electron chi connectivity index (χ4n) is 1.79. The Hall–Kier alpha value is -0.770. The van der Waals surface area contributed by atoms with Gasteiger partial charge >= 0.3 is 5.97 Å². The molecule has 0 unspecified atom stereocenters. The van der Waals surface area contributed by atoms with Gasteiger partial charge < -0.3 is 5.11 Å². The summed E-state index contributed by atoms with van der Waals surface area (Å²) < 4.78 is 0. The number of halogens is 2. The Kier molecular flexibility index (Phi) is 9.66. The number of aryl methyl sites for hydroxylation is 1. The van der Waals surface area contributed by atoms with Gasteiger partial charge in [-0.15, -0.1) is 24.0 Å². The minimum absolute atomic E-state index is 0. The zero-order valence-corrected chi connectivity index (χ0v) is 12.7. The number of rotatable bonds is 8. The van der Waals surface area contributed by atoms with E-state index in [2.05, 4.69) is 24.0 Å². The summed E-state index contributed by atoms with van der Waals surface area (Å²) in [5.41, 5.74) is 2.31. The van der Waals surface area contributed by atoms with Crippen molar-refractivity contribution in [3.63, 3.8) is 0 Å². The molecule has 0 heterocycles. The second kappa shape index (κ2) is 10.1. The van der Waals surface area contributed by atoms with Gasteiger partial charge in [0.05, 0.1) is 0 Å². The molecule has 0 saturated carbocycles. The smallest absolute Gasteiger partial charge is 0.303 e. The van der Waals surface area contributed by atoms with E-state index in [0.717, 1.165) is 25.2 Å². The van der Waals surface area contributed by atoms with E-state index < -0.39 is 5.97 Å². The lowest BCUT2D eigenvalue weighted by atomic mass is 10.1. The predicted octanol–water partition coefficient (Wildman–Crippen LogP) is 3.19. The maximum Gasteiger partial charge on any atom is 0.303 e. The molecule has 0 atom stereocenters. The Balaban J connectivity index is 0.00000324. The summed E-state index contributed by atoms with van der Waals surface area (Å²) in [5.74, 6) is -0.108. The molecular formula is C14H21Cl2NO2.